The van der Waals surface area contributed by atoms with Crippen molar-refractivity contribution >= 4 is 21.2 Å². The van der Waals surface area contributed by atoms with Crippen LogP contribution >= 0.6 is 0 Å². The molecule has 1 N–H and O–H groups in total. The second-order valence-electron chi connectivity index (χ2n) is 2.84. The van der Waals surface area contributed by atoms with E-state index in [4.69, 9.17) is 4.18 Å². The van der Waals surface area contributed by atoms with Crippen LogP contribution in [0, 0.1) is 0 Å². The number of nitrogens with one attached hydrogen (secondary N) is 1. The van der Waals surface area contributed by atoms with Gasteiger partial charge in [0.25, 0.3) is 0 Å². The smallest absolute Gasteiger partial charge is 0.306 e. The Kier molecular flexibility index (Phi) is 1.92. The summed E-state index contributed by atoms with van der Waals surface area (Å²) in [6.45, 7) is 0. The highest BCUT2D eigenvalue weighted by Crippen LogP contribution is 2.23. The van der Waals surface area contributed by atoms with Crippen LogP contribution < -0.4 is 4.18 Å². The van der Waals surface area contributed by atoms with Crippen molar-refractivity contribution in [3.05, 3.63) is 24.5 Å². The minimum Gasteiger partial charge on any atom is -0.382 e. The lowest BCUT2D eigenvalue weighted by Crippen LogP contribution is -2.05. The van der Waals surface area contributed by atoms with Crippen LogP contribution in [0.5, 0.6) is 5.75 Å². The lowest BCUT2D eigenvalue weighted by molar-refractivity contribution is 0.495. The van der Waals surface area contributed by atoms with E-state index in [0.717, 1.165) is 6.26 Å². The van der Waals surface area contributed by atoms with E-state index >= 15 is 0 Å². The summed E-state index contributed by atoms with van der Waals surface area (Å²) in [5.41, 5.74) is 0.603. The number of rotatable bonds is 2. The molecule has 0 aliphatic rings. The van der Waals surface area contributed by atoms with Gasteiger partial charge in [-0.25, -0.2) is 4.98 Å². The summed E-state index contributed by atoms with van der Waals surface area (Å²) in [6.07, 6.45) is 4.16. The van der Waals surface area contributed by atoms with E-state index in [1.54, 1.807) is 12.3 Å². The molecule has 0 bridgehead atoms. The van der Waals surface area contributed by atoms with Gasteiger partial charge in [-0.3, -0.25) is 0 Å². The van der Waals surface area contributed by atoms with Gasteiger partial charge in [0.05, 0.1) is 11.6 Å². The first-order valence-electron chi connectivity index (χ1n) is 3.88. The SMILES string of the molecule is CS(=O)(=O)Oc1ccnc2[nH]ccc12. The monoisotopic (exact) mass is 212 g/mol. The highest BCUT2D eigenvalue weighted by atomic mass is 32.2. The first-order valence-corrected chi connectivity index (χ1v) is 5.69. The van der Waals surface area contributed by atoms with Crippen molar-refractivity contribution in [2.24, 2.45) is 0 Å². The standard InChI is InChI=1S/C8H8N2O3S/c1-14(11,12)13-7-3-5-10-8-6(7)2-4-9-8/h2-5H,1H3,(H,9,10). The largest absolute Gasteiger partial charge is 0.382 e. The fourth-order valence-corrected chi connectivity index (χ4v) is 1.64. The Morgan fingerprint density at radius 3 is 2.93 bits per heavy atom. The number of hydrogen-bond acceptors (Lipinski definition) is 4. The molecule has 0 spiro atoms. The van der Waals surface area contributed by atoms with Gasteiger partial charge in [-0.2, -0.15) is 8.42 Å². The maximum absolute atomic E-state index is 10.9. The first-order chi connectivity index (χ1) is 6.56. The van der Waals surface area contributed by atoms with E-state index < -0.39 is 10.1 Å². The van der Waals surface area contributed by atoms with Gasteiger partial charge in [-0.05, 0) is 6.07 Å². The molecule has 74 valence electrons. The topological polar surface area (TPSA) is 72.1 Å². The third kappa shape index (κ3) is 1.69. The Hall–Kier alpha value is -1.56. The van der Waals surface area contributed by atoms with Crippen LogP contribution in [0.15, 0.2) is 24.5 Å². The zero-order valence-electron chi connectivity index (χ0n) is 7.39. The number of H-pyrrole nitrogens is 1. The quantitative estimate of drug-likeness (QED) is 0.751. The van der Waals surface area contributed by atoms with Gasteiger partial charge in [0.1, 0.15) is 5.65 Å². The second kappa shape index (κ2) is 2.98. The first kappa shape index (κ1) is 9.01. The molecular formula is C8H8N2O3S. The zero-order chi connectivity index (χ0) is 10.2. The Morgan fingerprint density at radius 2 is 2.21 bits per heavy atom. The molecule has 0 aliphatic heterocycles. The zero-order valence-corrected chi connectivity index (χ0v) is 8.21. The van der Waals surface area contributed by atoms with Crippen LogP contribution in [-0.4, -0.2) is 24.6 Å². The van der Waals surface area contributed by atoms with Crippen LogP contribution in [0.2, 0.25) is 0 Å². The van der Waals surface area contributed by atoms with Crippen LogP contribution in [0.3, 0.4) is 0 Å². The van der Waals surface area contributed by atoms with Gasteiger partial charge in [0.2, 0.25) is 0 Å². The summed E-state index contributed by atoms with van der Waals surface area (Å²) in [6, 6.07) is 3.22. The Balaban J connectivity index is 2.57. The minimum atomic E-state index is -3.49. The normalized spacial score (nSPS) is 11.8. The molecule has 2 aromatic heterocycles. The molecule has 0 aromatic carbocycles. The predicted octanol–water partition coefficient (Wildman–Crippen LogP) is 0.901. The maximum Gasteiger partial charge on any atom is 0.306 e. The fourth-order valence-electron chi connectivity index (χ4n) is 1.17. The van der Waals surface area contributed by atoms with Crippen LogP contribution in [0.4, 0.5) is 0 Å². The van der Waals surface area contributed by atoms with Gasteiger partial charge < -0.3 is 9.17 Å². The highest BCUT2D eigenvalue weighted by molar-refractivity contribution is 7.86. The van der Waals surface area contributed by atoms with E-state index in [2.05, 4.69) is 9.97 Å². The number of nitrogens with zero attached hydrogens (tertiary/aromatic N) is 1. The van der Waals surface area contributed by atoms with Gasteiger partial charge >= 0.3 is 10.1 Å². The molecule has 0 fully saturated rings. The second-order valence-corrected chi connectivity index (χ2v) is 4.41. The van der Waals surface area contributed by atoms with Crippen molar-refractivity contribution in [2.75, 3.05) is 6.26 Å². The van der Waals surface area contributed by atoms with Crippen molar-refractivity contribution in [3.63, 3.8) is 0 Å². The molecule has 5 nitrogen and oxygen atoms in total. The van der Waals surface area contributed by atoms with Crippen molar-refractivity contribution in [1.82, 2.24) is 9.97 Å². The maximum atomic E-state index is 10.9. The fraction of sp³-hybridized carbons (Fsp3) is 0.125. The van der Waals surface area contributed by atoms with E-state index in [-0.39, 0.29) is 0 Å². The van der Waals surface area contributed by atoms with Gasteiger partial charge in [-0.15, -0.1) is 0 Å². The summed E-state index contributed by atoms with van der Waals surface area (Å²) < 4.78 is 26.6. The lowest BCUT2D eigenvalue weighted by Gasteiger charge is -2.02. The number of pyridine rings is 1. The molecule has 0 aliphatic carbocycles. The summed E-state index contributed by atoms with van der Waals surface area (Å²) in [7, 11) is -3.49. The predicted molar refractivity (Wildman–Crippen MR) is 51.6 cm³/mol. The number of hydrogen-bond donors (Lipinski definition) is 1. The van der Waals surface area contributed by atoms with Crippen LogP contribution in [0.25, 0.3) is 11.0 Å². The molecule has 0 saturated heterocycles. The summed E-state index contributed by atoms with van der Waals surface area (Å²) >= 11 is 0. The third-order valence-electron chi connectivity index (χ3n) is 1.66. The summed E-state index contributed by atoms with van der Waals surface area (Å²) in [5, 5.41) is 0.651. The third-order valence-corrected chi connectivity index (χ3v) is 2.14. The molecule has 0 radical (unpaired) electrons. The van der Waals surface area contributed by atoms with Crippen molar-refractivity contribution in [2.45, 2.75) is 0 Å². The van der Waals surface area contributed by atoms with E-state index in [9.17, 15) is 8.42 Å². The van der Waals surface area contributed by atoms with Gasteiger partial charge in [-0.1, -0.05) is 0 Å². The number of fused-ring (bicyclic) bond motifs is 1. The molecule has 2 heterocycles. The molecular weight excluding hydrogens is 204 g/mol. The Morgan fingerprint density at radius 1 is 1.43 bits per heavy atom. The van der Waals surface area contributed by atoms with Gasteiger partial charge in [0, 0.05) is 18.5 Å². The molecule has 0 saturated carbocycles. The Labute approximate surface area is 80.9 Å². The summed E-state index contributed by atoms with van der Waals surface area (Å²) in [4.78, 5) is 6.86. The average molecular weight is 212 g/mol. The highest BCUT2D eigenvalue weighted by Gasteiger charge is 2.08. The van der Waals surface area contributed by atoms with Gasteiger partial charge in [0.15, 0.2) is 5.75 Å². The van der Waals surface area contributed by atoms with Crippen molar-refractivity contribution < 1.29 is 12.6 Å². The van der Waals surface area contributed by atoms with Crippen molar-refractivity contribution in [3.8, 4) is 5.75 Å². The number of aromatic nitrogens is 2. The minimum absolute atomic E-state index is 0.291. The van der Waals surface area contributed by atoms with E-state index in [1.165, 1.54) is 12.3 Å². The van der Waals surface area contributed by atoms with Crippen LogP contribution in [0.1, 0.15) is 0 Å². The molecule has 6 heteroatoms. The molecule has 14 heavy (non-hydrogen) atoms. The molecule has 2 aromatic rings. The van der Waals surface area contributed by atoms with Crippen LogP contribution in [-0.2, 0) is 10.1 Å². The van der Waals surface area contributed by atoms with Crippen molar-refractivity contribution in [1.29, 1.82) is 0 Å². The molecule has 0 amide bonds. The molecule has 0 atom stereocenters. The average Bonchev–Trinajstić information content (AvgIpc) is 2.49. The molecule has 0 unspecified atom stereocenters. The summed E-state index contributed by atoms with van der Waals surface area (Å²) in [5.74, 6) is 0.291. The lowest BCUT2D eigenvalue weighted by atomic mass is 10.3. The number of aromatic amines is 1. The van der Waals surface area contributed by atoms with E-state index in [0.29, 0.717) is 16.8 Å². The molecule has 2 rings (SSSR count). The van der Waals surface area contributed by atoms with E-state index in [1.807, 2.05) is 0 Å². The Bertz CT molecular complexity index is 559.